The Morgan fingerprint density at radius 1 is 1.23 bits per heavy atom. The number of hydrogen-bond acceptors (Lipinski definition) is 6. The van der Waals surface area contributed by atoms with Gasteiger partial charge in [0.25, 0.3) is 5.56 Å². The van der Waals surface area contributed by atoms with Crippen molar-refractivity contribution in [3.8, 4) is 11.5 Å². The van der Waals surface area contributed by atoms with Gasteiger partial charge in [-0.3, -0.25) is 9.69 Å². The Hall–Kier alpha value is -2.38. The summed E-state index contributed by atoms with van der Waals surface area (Å²) in [5.41, 5.74) is 1.96. The van der Waals surface area contributed by atoms with Crippen LogP contribution >= 0.6 is 11.3 Å². The molecular formula is C19H19N3O3S. The Bertz CT molecular complexity index is 1010. The second-order valence-electron chi connectivity index (χ2n) is 6.68. The summed E-state index contributed by atoms with van der Waals surface area (Å²) in [4.78, 5) is 22.2. The summed E-state index contributed by atoms with van der Waals surface area (Å²) in [5.74, 6) is 2.37. The van der Waals surface area contributed by atoms with Gasteiger partial charge in [-0.2, -0.15) is 0 Å². The Labute approximate surface area is 154 Å². The first-order chi connectivity index (χ1) is 12.8. The van der Waals surface area contributed by atoms with Gasteiger partial charge in [0.1, 0.15) is 23.7 Å². The number of rotatable bonds is 3. The molecule has 2 aliphatic rings. The normalized spacial score (nSPS) is 19.9. The van der Waals surface area contributed by atoms with E-state index in [1.54, 1.807) is 0 Å². The van der Waals surface area contributed by atoms with Crippen molar-refractivity contribution in [1.82, 2.24) is 14.9 Å². The van der Waals surface area contributed by atoms with Gasteiger partial charge in [-0.15, -0.1) is 11.3 Å². The highest BCUT2D eigenvalue weighted by Crippen LogP contribution is 2.38. The lowest BCUT2D eigenvalue weighted by Crippen LogP contribution is -2.25. The summed E-state index contributed by atoms with van der Waals surface area (Å²) in [6.07, 6.45) is 2.22. The molecule has 1 fully saturated rings. The van der Waals surface area contributed by atoms with Crippen molar-refractivity contribution in [1.29, 1.82) is 0 Å². The monoisotopic (exact) mass is 369 g/mol. The number of aromatic amines is 1. The van der Waals surface area contributed by atoms with Gasteiger partial charge in [0, 0.05) is 6.04 Å². The maximum absolute atomic E-state index is 12.2. The van der Waals surface area contributed by atoms with Crippen LogP contribution in [-0.4, -0.2) is 34.6 Å². The molecule has 0 amide bonds. The molecule has 26 heavy (non-hydrogen) atoms. The Morgan fingerprint density at radius 3 is 3.04 bits per heavy atom. The lowest BCUT2D eigenvalue weighted by Gasteiger charge is -2.26. The average Bonchev–Trinajstić information content (AvgIpc) is 3.31. The van der Waals surface area contributed by atoms with Gasteiger partial charge in [-0.1, -0.05) is 6.07 Å². The summed E-state index contributed by atoms with van der Waals surface area (Å²) in [6.45, 7) is 2.83. The number of aromatic nitrogens is 2. The van der Waals surface area contributed by atoms with Crippen molar-refractivity contribution in [2.45, 2.75) is 25.4 Å². The molecule has 0 bridgehead atoms. The molecule has 0 spiro atoms. The topological polar surface area (TPSA) is 67.5 Å². The molecule has 6 nitrogen and oxygen atoms in total. The number of hydrogen-bond donors (Lipinski definition) is 1. The maximum atomic E-state index is 12.2. The summed E-state index contributed by atoms with van der Waals surface area (Å²) < 4.78 is 12.0. The first-order valence-electron chi connectivity index (χ1n) is 8.88. The van der Waals surface area contributed by atoms with Gasteiger partial charge in [0.15, 0.2) is 11.5 Å². The third kappa shape index (κ3) is 2.77. The van der Waals surface area contributed by atoms with Crippen molar-refractivity contribution >= 4 is 21.6 Å². The fraction of sp³-hybridized carbons (Fsp3) is 0.368. The molecule has 2 aliphatic heterocycles. The molecule has 5 rings (SSSR count). The highest BCUT2D eigenvalue weighted by atomic mass is 32.1. The molecule has 7 heteroatoms. The van der Waals surface area contributed by atoms with Crippen LogP contribution in [0.2, 0.25) is 0 Å². The second-order valence-corrected chi connectivity index (χ2v) is 7.60. The number of thiophene rings is 1. The minimum atomic E-state index is -0.0462. The highest BCUT2D eigenvalue weighted by molar-refractivity contribution is 7.17. The first-order valence-corrected chi connectivity index (χ1v) is 9.76. The molecule has 4 heterocycles. The molecule has 1 atom stereocenters. The molecule has 0 unspecified atom stereocenters. The van der Waals surface area contributed by atoms with E-state index in [0.29, 0.717) is 30.5 Å². The van der Waals surface area contributed by atoms with Crippen LogP contribution in [0.15, 0.2) is 34.4 Å². The van der Waals surface area contributed by atoms with E-state index in [4.69, 9.17) is 9.47 Å². The van der Waals surface area contributed by atoms with Crippen molar-refractivity contribution < 1.29 is 9.47 Å². The zero-order valence-corrected chi connectivity index (χ0v) is 15.1. The average molecular weight is 369 g/mol. The molecule has 3 aromatic rings. The van der Waals surface area contributed by atoms with Gasteiger partial charge >= 0.3 is 0 Å². The molecule has 1 aromatic carbocycles. The number of nitrogens with one attached hydrogen (secondary N) is 1. The van der Waals surface area contributed by atoms with Crippen molar-refractivity contribution in [2.75, 3.05) is 19.8 Å². The molecule has 0 saturated carbocycles. The minimum Gasteiger partial charge on any atom is -0.486 e. The van der Waals surface area contributed by atoms with Crippen LogP contribution < -0.4 is 15.0 Å². The van der Waals surface area contributed by atoms with Gasteiger partial charge < -0.3 is 14.5 Å². The van der Waals surface area contributed by atoms with E-state index in [2.05, 4.69) is 27.0 Å². The minimum absolute atomic E-state index is 0.0462. The molecule has 1 saturated heterocycles. The van der Waals surface area contributed by atoms with Crippen LogP contribution in [0.25, 0.3) is 10.2 Å². The van der Waals surface area contributed by atoms with Crippen molar-refractivity contribution in [2.24, 2.45) is 0 Å². The standard InChI is InChI=1S/C19H19N3O3S/c23-19-18-13(5-9-26-18)20-17(21-19)11-22-6-1-2-14(22)12-3-4-15-16(10-12)25-8-7-24-15/h3-5,9-10,14H,1-2,6-8,11H2,(H,20,21,23)/t14-/m1/s1. The fourth-order valence-corrected chi connectivity index (χ4v) is 4.57. The van der Waals surface area contributed by atoms with Crippen LogP contribution in [0.5, 0.6) is 11.5 Å². The van der Waals surface area contributed by atoms with Gasteiger partial charge in [-0.05, 0) is 48.5 Å². The van der Waals surface area contributed by atoms with Gasteiger partial charge in [-0.25, -0.2) is 4.98 Å². The summed E-state index contributed by atoms with van der Waals surface area (Å²) >= 11 is 1.43. The number of likely N-dealkylation sites (tertiary alicyclic amines) is 1. The molecular weight excluding hydrogens is 350 g/mol. The second kappa shape index (κ2) is 6.41. The third-order valence-electron chi connectivity index (χ3n) is 5.03. The van der Waals surface area contributed by atoms with E-state index >= 15 is 0 Å². The summed E-state index contributed by atoms with van der Waals surface area (Å²) in [6, 6.07) is 8.41. The lowest BCUT2D eigenvalue weighted by molar-refractivity contribution is 0.170. The fourth-order valence-electron chi connectivity index (χ4n) is 3.85. The van der Waals surface area contributed by atoms with E-state index in [9.17, 15) is 4.79 Å². The Kier molecular flexibility index (Phi) is 3.90. The predicted octanol–water partition coefficient (Wildman–Crippen LogP) is 3.09. The van der Waals surface area contributed by atoms with Gasteiger partial charge in [0.2, 0.25) is 0 Å². The Balaban J connectivity index is 1.42. The smallest absolute Gasteiger partial charge is 0.268 e. The van der Waals surface area contributed by atoms with Crippen molar-refractivity contribution in [3.63, 3.8) is 0 Å². The van der Waals surface area contributed by atoms with Crippen LogP contribution in [0.4, 0.5) is 0 Å². The summed E-state index contributed by atoms with van der Waals surface area (Å²) in [5, 5.41) is 1.91. The predicted molar refractivity (Wildman–Crippen MR) is 100 cm³/mol. The number of ether oxygens (including phenoxy) is 2. The number of fused-ring (bicyclic) bond motifs is 2. The maximum Gasteiger partial charge on any atom is 0.268 e. The van der Waals surface area contributed by atoms with Crippen LogP contribution in [0.1, 0.15) is 30.3 Å². The molecule has 0 aliphatic carbocycles. The summed E-state index contributed by atoms with van der Waals surface area (Å²) in [7, 11) is 0. The number of nitrogens with zero attached hydrogens (tertiary/aromatic N) is 2. The zero-order chi connectivity index (χ0) is 17.5. The van der Waals surface area contributed by atoms with Gasteiger partial charge in [0.05, 0.1) is 12.1 Å². The van der Waals surface area contributed by atoms with E-state index in [0.717, 1.165) is 42.2 Å². The van der Waals surface area contributed by atoms with E-state index in [1.807, 2.05) is 17.5 Å². The zero-order valence-electron chi connectivity index (χ0n) is 14.2. The van der Waals surface area contributed by atoms with Crippen LogP contribution in [0, 0.1) is 0 Å². The largest absolute Gasteiger partial charge is 0.486 e. The van der Waals surface area contributed by atoms with E-state index in [1.165, 1.54) is 16.9 Å². The molecule has 134 valence electrons. The Morgan fingerprint density at radius 2 is 2.12 bits per heavy atom. The lowest BCUT2D eigenvalue weighted by atomic mass is 10.0. The van der Waals surface area contributed by atoms with E-state index in [-0.39, 0.29) is 5.56 Å². The van der Waals surface area contributed by atoms with Crippen molar-refractivity contribution in [3.05, 3.63) is 51.4 Å². The SMILES string of the molecule is O=c1[nH]c(CN2CCC[C@@H]2c2ccc3c(c2)OCCO3)nc2ccsc12. The third-order valence-corrected chi connectivity index (χ3v) is 5.93. The first kappa shape index (κ1) is 15.8. The van der Waals surface area contributed by atoms with Crippen LogP contribution in [-0.2, 0) is 6.54 Å². The quantitative estimate of drug-likeness (QED) is 0.768. The number of H-pyrrole nitrogens is 1. The van der Waals surface area contributed by atoms with E-state index < -0.39 is 0 Å². The highest BCUT2D eigenvalue weighted by Gasteiger charge is 2.28. The molecule has 0 radical (unpaired) electrons. The molecule has 2 aromatic heterocycles. The van der Waals surface area contributed by atoms with Crippen LogP contribution in [0.3, 0.4) is 0 Å². The molecule has 1 N–H and O–H groups in total. The number of benzene rings is 1.